The van der Waals surface area contributed by atoms with Crippen molar-refractivity contribution in [3.63, 3.8) is 0 Å². The predicted octanol–water partition coefficient (Wildman–Crippen LogP) is 3.73. The molecule has 2 aromatic carbocycles. The second-order valence-corrected chi connectivity index (χ2v) is 11.2. The molecule has 2 aromatic rings. The van der Waals surface area contributed by atoms with E-state index >= 15 is 0 Å². The first-order chi connectivity index (χ1) is 19.8. The number of hydrogen-bond acceptors (Lipinski definition) is 5. The summed E-state index contributed by atoms with van der Waals surface area (Å²) in [6.07, 6.45) is 3.35. The zero-order chi connectivity index (χ0) is 29.8. The molecule has 8 heteroatoms. The van der Waals surface area contributed by atoms with Crippen LogP contribution < -0.4 is 20.7 Å². The van der Waals surface area contributed by atoms with Crippen molar-refractivity contribution in [3.05, 3.63) is 65.7 Å². The van der Waals surface area contributed by atoms with Crippen LogP contribution >= 0.6 is 0 Å². The fourth-order valence-corrected chi connectivity index (χ4v) is 5.32. The lowest BCUT2D eigenvalue weighted by atomic mass is 9.93. The summed E-state index contributed by atoms with van der Waals surface area (Å²) in [7, 11) is 1.70. The van der Waals surface area contributed by atoms with Gasteiger partial charge in [0.2, 0.25) is 17.7 Å². The van der Waals surface area contributed by atoms with Gasteiger partial charge in [0.05, 0.1) is 6.04 Å². The van der Waals surface area contributed by atoms with E-state index < -0.39 is 18.1 Å². The molecule has 3 rings (SSSR count). The van der Waals surface area contributed by atoms with Crippen molar-refractivity contribution >= 4 is 17.7 Å². The van der Waals surface area contributed by atoms with Gasteiger partial charge < -0.3 is 25.6 Å². The largest absolute Gasteiger partial charge is 0.492 e. The number of ether oxygens (including phenoxy) is 1. The van der Waals surface area contributed by atoms with E-state index in [9.17, 15) is 14.4 Å². The molecule has 3 N–H and O–H groups in total. The van der Waals surface area contributed by atoms with Crippen LogP contribution in [0.2, 0.25) is 0 Å². The molecule has 0 aliphatic carbocycles. The lowest BCUT2D eigenvalue weighted by molar-refractivity contribution is -0.144. The van der Waals surface area contributed by atoms with Gasteiger partial charge in [-0.1, -0.05) is 89.1 Å². The molecule has 1 aliphatic rings. The van der Waals surface area contributed by atoms with Gasteiger partial charge in [-0.15, -0.1) is 0 Å². The highest BCUT2D eigenvalue weighted by molar-refractivity contribution is 5.93. The van der Waals surface area contributed by atoms with E-state index in [1.54, 1.807) is 11.9 Å². The van der Waals surface area contributed by atoms with Crippen LogP contribution in [-0.4, -0.2) is 67.5 Å². The summed E-state index contributed by atoms with van der Waals surface area (Å²) in [4.78, 5) is 42.8. The number of para-hydroxylation sites is 1. The Kier molecular flexibility index (Phi) is 12.7. The van der Waals surface area contributed by atoms with Gasteiger partial charge in [-0.05, 0) is 41.9 Å². The van der Waals surface area contributed by atoms with E-state index in [-0.39, 0.29) is 29.6 Å². The number of fused-ring (bicyclic) bond motifs is 1. The monoisotopic (exact) mass is 564 g/mol. The number of hydrogen-bond donors (Lipinski definition) is 3. The Morgan fingerprint density at radius 2 is 1.59 bits per heavy atom. The summed E-state index contributed by atoms with van der Waals surface area (Å²) >= 11 is 0. The van der Waals surface area contributed by atoms with Crippen molar-refractivity contribution in [2.45, 2.75) is 77.9 Å². The van der Waals surface area contributed by atoms with Crippen LogP contribution in [0.3, 0.4) is 0 Å². The van der Waals surface area contributed by atoms with Crippen LogP contribution in [0, 0.1) is 11.8 Å². The molecule has 1 heterocycles. The van der Waals surface area contributed by atoms with Crippen molar-refractivity contribution in [1.29, 1.82) is 0 Å². The predicted molar refractivity (Wildman–Crippen MR) is 163 cm³/mol. The quantitative estimate of drug-likeness (QED) is 0.497. The average molecular weight is 565 g/mol. The Labute approximate surface area is 245 Å². The van der Waals surface area contributed by atoms with Crippen LogP contribution in [0.1, 0.15) is 58.1 Å². The van der Waals surface area contributed by atoms with Crippen molar-refractivity contribution in [2.24, 2.45) is 11.8 Å². The molecule has 41 heavy (non-hydrogen) atoms. The first-order valence-electron chi connectivity index (χ1n) is 15.1. The van der Waals surface area contributed by atoms with Crippen molar-refractivity contribution in [3.8, 4) is 5.75 Å². The first-order valence-corrected chi connectivity index (χ1v) is 15.1. The van der Waals surface area contributed by atoms with Crippen LogP contribution in [0.15, 0.2) is 54.6 Å². The molecule has 0 aromatic heterocycles. The Balaban J connectivity index is 1.94. The third-order valence-electron chi connectivity index (χ3n) is 8.23. The number of nitrogens with one attached hydrogen (secondary N) is 3. The molecule has 0 saturated carbocycles. The molecule has 1 aliphatic heterocycles. The summed E-state index contributed by atoms with van der Waals surface area (Å²) in [5, 5.41) is 9.47. The number of carbonyl (C=O) groups is 3. The van der Waals surface area contributed by atoms with E-state index in [0.717, 1.165) is 36.1 Å². The number of aryl methyl sites for hydroxylation is 1. The third kappa shape index (κ3) is 9.05. The van der Waals surface area contributed by atoms with E-state index in [2.05, 4.69) is 22.9 Å². The molecule has 0 radical (unpaired) electrons. The van der Waals surface area contributed by atoms with Gasteiger partial charge in [0.15, 0.2) is 0 Å². The topological polar surface area (TPSA) is 99.8 Å². The molecule has 224 valence electrons. The lowest BCUT2D eigenvalue weighted by Gasteiger charge is -2.36. The Bertz CT molecular complexity index is 1130. The molecular weight excluding hydrogens is 516 g/mol. The fraction of sp³-hybridized carbons (Fsp3) is 0.545. The van der Waals surface area contributed by atoms with Gasteiger partial charge >= 0.3 is 0 Å². The maximum atomic E-state index is 13.9. The van der Waals surface area contributed by atoms with E-state index in [1.807, 2.05) is 75.4 Å². The van der Waals surface area contributed by atoms with Crippen molar-refractivity contribution in [2.75, 3.05) is 26.7 Å². The minimum Gasteiger partial charge on any atom is -0.492 e. The normalized spacial score (nSPS) is 23.2. The van der Waals surface area contributed by atoms with Crippen LogP contribution in [0.5, 0.6) is 5.75 Å². The van der Waals surface area contributed by atoms with Gasteiger partial charge in [-0.25, -0.2) is 0 Å². The fourth-order valence-electron chi connectivity index (χ4n) is 5.32. The number of amides is 3. The summed E-state index contributed by atoms with van der Waals surface area (Å²) < 4.78 is 6.12. The Hall–Kier alpha value is -3.39. The highest BCUT2D eigenvalue weighted by Gasteiger charge is 2.37. The number of likely N-dealkylation sites (N-methyl/N-ethyl adjacent to an activating group) is 1. The number of nitrogens with zero attached hydrogens (tertiary/aromatic N) is 1. The highest BCUT2D eigenvalue weighted by Crippen LogP contribution is 2.21. The summed E-state index contributed by atoms with van der Waals surface area (Å²) in [5.41, 5.74) is 2.02. The Morgan fingerprint density at radius 3 is 2.29 bits per heavy atom. The maximum absolute atomic E-state index is 13.9. The minimum absolute atomic E-state index is 0.0556. The average Bonchev–Trinajstić information content (AvgIpc) is 2.98. The maximum Gasteiger partial charge on any atom is 0.243 e. The SMILES string of the molecule is CC[C@@H](C)[C@@H]1C(=O)N[C@H](Cc2ccccc2)C(=O)NCCCc2ccccc2OCCN[C@@H]([C@@H](C)CC)C(=O)N1C. The van der Waals surface area contributed by atoms with Crippen molar-refractivity contribution < 1.29 is 19.1 Å². The van der Waals surface area contributed by atoms with E-state index in [4.69, 9.17) is 4.74 Å². The number of rotatable bonds is 6. The molecule has 0 spiro atoms. The van der Waals surface area contributed by atoms with Gasteiger partial charge in [-0.2, -0.15) is 0 Å². The summed E-state index contributed by atoms with van der Waals surface area (Å²) in [5.74, 6) is 0.0886. The molecule has 8 nitrogen and oxygen atoms in total. The van der Waals surface area contributed by atoms with Crippen LogP contribution in [0.4, 0.5) is 0 Å². The zero-order valence-corrected chi connectivity index (χ0v) is 25.3. The van der Waals surface area contributed by atoms with Gasteiger partial charge in [0.25, 0.3) is 0 Å². The van der Waals surface area contributed by atoms with Gasteiger partial charge in [-0.3, -0.25) is 14.4 Å². The summed E-state index contributed by atoms with van der Waals surface area (Å²) in [6.45, 7) is 9.47. The van der Waals surface area contributed by atoms with E-state index in [0.29, 0.717) is 32.5 Å². The number of benzene rings is 2. The second-order valence-electron chi connectivity index (χ2n) is 11.2. The number of carbonyl (C=O) groups excluding carboxylic acids is 3. The van der Waals surface area contributed by atoms with Crippen LogP contribution in [0.25, 0.3) is 0 Å². The Morgan fingerprint density at radius 1 is 0.902 bits per heavy atom. The zero-order valence-electron chi connectivity index (χ0n) is 25.3. The van der Waals surface area contributed by atoms with Gasteiger partial charge in [0.1, 0.15) is 24.4 Å². The molecule has 0 unspecified atom stereocenters. The molecule has 0 fully saturated rings. The standard InChI is InChI=1S/C33H48N4O4/c1-6-23(3)29-33(40)37(5)30(24(4)7-2)32(39)36-27(22-25-14-9-8-10-15-25)31(38)35-19-13-17-26-16-11-12-18-28(26)41-21-20-34-29/h8-12,14-16,18,23-24,27,29-30,34H,6-7,13,17,19-22H2,1-5H3,(H,35,38)(H,36,39)/t23-,24+,27+,29-,30+/m0/s1. The molecule has 0 bridgehead atoms. The second kappa shape index (κ2) is 16.2. The molecular formula is C33H48N4O4. The first kappa shape index (κ1) is 32.1. The van der Waals surface area contributed by atoms with Gasteiger partial charge in [0, 0.05) is 26.6 Å². The smallest absolute Gasteiger partial charge is 0.243 e. The summed E-state index contributed by atoms with van der Waals surface area (Å²) in [6, 6.07) is 15.7. The molecule has 5 atom stereocenters. The van der Waals surface area contributed by atoms with Crippen molar-refractivity contribution in [1.82, 2.24) is 20.9 Å². The molecule has 3 amide bonds. The lowest BCUT2D eigenvalue weighted by Crippen LogP contribution is -2.59. The minimum atomic E-state index is -0.766. The highest BCUT2D eigenvalue weighted by atomic mass is 16.5. The van der Waals surface area contributed by atoms with E-state index in [1.165, 1.54) is 0 Å². The molecule has 0 saturated heterocycles. The third-order valence-corrected chi connectivity index (χ3v) is 8.23. The van der Waals surface area contributed by atoms with Crippen LogP contribution in [-0.2, 0) is 27.2 Å².